The van der Waals surface area contributed by atoms with E-state index in [1.807, 2.05) is 6.92 Å². The Kier molecular flexibility index (Phi) is 6.62. The van der Waals surface area contributed by atoms with Crippen LogP contribution in [0.4, 0.5) is 0 Å². The highest BCUT2D eigenvalue weighted by atomic mass is 32.2. The van der Waals surface area contributed by atoms with Gasteiger partial charge < -0.3 is 9.64 Å². The van der Waals surface area contributed by atoms with E-state index in [1.165, 1.54) is 4.88 Å². The topological polar surface area (TPSA) is 75.6 Å². The van der Waals surface area contributed by atoms with Crippen LogP contribution in [-0.4, -0.2) is 66.1 Å². The second kappa shape index (κ2) is 9.06. The first kappa shape index (κ1) is 21.9. The van der Waals surface area contributed by atoms with Crippen LogP contribution in [-0.2, 0) is 23.0 Å². The zero-order chi connectivity index (χ0) is 21.3. The van der Waals surface area contributed by atoms with Crippen LogP contribution in [0.3, 0.4) is 0 Å². The van der Waals surface area contributed by atoms with E-state index in [4.69, 9.17) is 4.74 Å². The molecule has 2 aromatic rings. The van der Waals surface area contributed by atoms with Crippen LogP contribution in [0.5, 0.6) is 5.88 Å². The maximum Gasteiger partial charge on any atom is 0.225 e. The Morgan fingerprint density at radius 3 is 2.70 bits per heavy atom. The third-order valence-corrected chi connectivity index (χ3v) is 9.46. The second-order valence-corrected chi connectivity index (χ2v) is 11.8. The maximum atomic E-state index is 12.8. The van der Waals surface area contributed by atoms with Crippen molar-refractivity contribution in [1.82, 2.24) is 19.2 Å². The summed E-state index contributed by atoms with van der Waals surface area (Å²) in [5.74, 6) is 0.842. The molecular weight excluding hydrogens is 420 g/mol. The number of hydrogen-bond donors (Lipinski definition) is 0. The van der Waals surface area contributed by atoms with Gasteiger partial charge in [0.05, 0.1) is 11.1 Å². The molecule has 0 amide bonds. The molecule has 0 aromatic carbocycles. The first-order valence-electron chi connectivity index (χ1n) is 10.9. The molecule has 1 aliphatic heterocycles. The average Bonchev–Trinajstić information content (AvgIpc) is 3.11. The Bertz CT molecular complexity index is 982. The largest absolute Gasteiger partial charge is 0.474 e. The summed E-state index contributed by atoms with van der Waals surface area (Å²) in [6.07, 6.45) is 8.30. The fraction of sp³-hybridized carbons (Fsp3) is 0.714. The predicted octanol–water partition coefficient (Wildman–Crippen LogP) is 3.43. The molecule has 1 fully saturated rings. The normalized spacial score (nSPS) is 23.1. The first-order chi connectivity index (χ1) is 14.4. The number of hydrogen-bond acceptors (Lipinski definition) is 7. The molecule has 4 rings (SSSR count). The van der Waals surface area contributed by atoms with Crippen LogP contribution in [0, 0.1) is 0 Å². The van der Waals surface area contributed by atoms with Gasteiger partial charge in [-0.1, -0.05) is 13.3 Å². The number of ether oxygens (including phenoxy) is 1. The molecule has 0 bridgehead atoms. The molecule has 1 saturated carbocycles. The van der Waals surface area contributed by atoms with Crippen molar-refractivity contribution in [2.45, 2.75) is 70.6 Å². The Hall–Kier alpha value is -1.29. The third kappa shape index (κ3) is 4.49. The monoisotopic (exact) mass is 452 g/mol. The molecule has 166 valence electrons. The van der Waals surface area contributed by atoms with Crippen molar-refractivity contribution in [3.05, 3.63) is 16.8 Å². The molecule has 9 heteroatoms. The fourth-order valence-corrected chi connectivity index (χ4v) is 7.21. The zero-order valence-corrected chi connectivity index (χ0v) is 19.8. The lowest BCUT2D eigenvalue weighted by Crippen LogP contribution is -2.37. The lowest BCUT2D eigenvalue weighted by molar-refractivity contribution is 0.108. The van der Waals surface area contributed by atoms with Crippen LogP contribution >= 0.6 is 11.3 Å². The van der Waals surface area contributed by atoms with Crippen molar-refractivity contribution in [3.8, 4) is 5.88 Å². The van der Waals surface area contributed by atoms with Gasteiger partial charge in [0.15, 0.2) is 0 Å². The van der Waals surface area contributed by atoms with Crippen molar-refractivity contribution in [2.24, 2.45) is 0 Å². The summed E-state index contributed by atoms with van der Waals surface area (Å²) in [6.45, 7) is 2.96. The van der Waals surface area contributed by atoms with Crippen molar-refractivity contribution in [3.63, 3.8) is 0 Å². The van der Waals surface area contributed by atoms with Crippen LogP contribution in [0.25, 0.3) is 10.2 Å². The van der Waals surface area contributed by atoms with E-state index >= 15 is 0 Å². The third-order valence-electron chi connectivity index (χ3n) is 6.36. The van der Waals surface area contributed by atoms with Gasteiger partial charge in [-0.3, -0.25) is 0 Å². The van der Waals surface area contributed by atoms with Gasteiger partial charge >= 0.3 is 0 Å². The molecular formula is C21H32N4O3S2. The molecule has 1 aliphatic carbocycles. The molecule has 0 N–H and O–H groups in total. The minimum Gasteiger partial charge on any atom is -0.474 e. The highest BCUT2D eigenvalue weighted by Crippen LogP contribution is 2.39. The lowest BCUT2D eigenvalue weighted by atomic mass is 9.92. The van der Waals surface area contributed by atoms with Crippen molar-refractivity contribution < 1.29 is 13.2 Å². The minimum absolute atomic E-state index is 0.155. The van der Waals surface area contributed by atoms with E-state index in [0.29, 0.717) is 31.4 Å². The van der Waals surface area contributed by atoms with E-state index in [9.17, 15) is 8.42 Å². The van der Waals surface area contributed by atoms with Crippen LogP contribution < -0.4 is 4.74 Å². The Morgan fingerprint density at radius 1 is 1.23 bits per heavy atom. The van der Waals surface area contributed by atoms with Gasteiger partial charge in [0.1, 0.15) is 17.3 Å². The smallest absolute Gasteiger partial charge is 0.225 e. The summed E-state index contributed by atoms with van der Waals surface area (Å²) in [5, 5.41) is 0.919. The number of thiophene rings is 1. The van der Waals surface area contributed by atoms with E-state index in [2.05, 4.69) is 29.0 Å². The summed E-state index contributed by atoms with van der Waals surface area (Å²) < 4.78 is 33.5. The number of unbranched alkanes of at least 4 members (excludes halogenated alkanes) is 1. The Morgan fingerprint density at radius 2 is 2.00 bits per heavy atom. The van der Waals surface area contributed by atoms with Gasteiger partial charge in [-0.05, 0) is 58.2 Å². The molecule has 0 unspecified atom stereocenters. The summed E-state index contributed by atoms with van der Waals surface area (Å²) in [6, 6.07) is 0.617. The van der Waals surface area contributed by atoms with Gasteiger partial charge in [0.25, 0.3) is 0 Å². The molecule has 2 aliphatic rings. The fourth-order valence-electron chi connectivity index (χ4n) is 4.48. The van der Waals surface area contributed by atoms with Crippen LogP contribution in [0.1, 0.15) is 55.9 Å². The summed E-state index contributed by atoms with van der Waals surface area (Å²) in [4.78, 5) is 13.3. The highest BCUT2D eigenvalue weighted by molar-refractivity contribution is 7.89. The molecule has 3 heterocycles. The van der Waals surface area contributed by atoms with Crippen molar-refractivity contribution >= 4 is 31.6 Å². The van der Waals surface area contributed by atoms with Gasteiger partial charge in [-0.15, -0.1) is 11.3 Å². The predicted molar refractivity (Wildman–Crippen MR) is 121 cm³/mol. The SMILES string of the molecule is CCCCS(=O)(=O)N1CCc2sc3ncnc(OC4CCC(N(C)C)CC4)c3c2C1. The number of sulfonamides is 1. The zero-order valence-electron chi connectivity index (χ0n) is 18.1. The van der Waals surface area contributed by atoms with Crippen LogP contribution in [0.15, 0.2) is 6.33 Å². The van der Waals surface area contributed by atoms with Crippen LogP contribution in [0.2, 0.25) is 0 Å². The van der Waals surface area contributed by atoms with Gasteiger partial charge in [-0.25, -0.2) is 18.4 Å². The van der Waals surface area contributed by atoms with Crippen molar-refractivity contribution in [1.29, 1.82) is 0 Å². The van der Waals surface area contributed by atoms with E-state index in [0.717, 1.165) is 54.3 Å². The molecule has 0 radical (unpaired) electrons. The number of aromatic nitrogens is 2. The second-order valence-electron chi connectivity index (χ2n) is 8.63. The lowest BCUT2D eigenvalue weighted by Gasteiger charge is -2.32. The standard InChI is InChI=1S/C21H32N4O3S2/c1-4-5-12-30(26,27)25-11-10-18-17(13-25)19-20(22-14-23-21(19)29-18)28-16-8-6-15(7-9-16)24(2)3/h14-16H,4-13H2,1-3H3. The maximum absolute atomic E-state index is 12.8. The molecule has 2 aromatic heterocycles. The van der Waals surface area contributed by atoms with Crippen molar-refractivity contribution in [2.75, 3.05) is 26.4 Å². The molecule has 0 spiro atoms. The molecule has 7 nitrogen and oxygen atoms in total. The summed E-state index contributed by atoms with van der Waals surface area (Å²) in [7, 11) is 1.04. The highest BCUT2D eigenvalue weighted by Gasteiger charge is 2.31. The Labute approximate surface area is 183 Å². The first-order valence-corrected chi connectivity index (χ1v) is 13.4. The van der Waals surface area contributed by atoms with Gasteiger partial charge in [0, 0.05) is 24.0 Å². The molecule has 30 heavy (non-hydrogen) atoms. The van der Waals surface area contributed by atoms with E-state index in [-0.39, 0.29) is 11.9 Å². The quantitative estimate of drug-likeness (QED) is 0.641. The molecule has 0 saturated heterocycles. The van der Waals surface area contributed by atoms with Gasteiger partial charge in [0.2, 0.25) is 15.9 Å². The summed E-state index contributed by atoms with van der Waals surface area (Å²) in [5.41, 5.74) is 1.04. The Balaban J connectivity index is 1.56. The molecule has 0 atom stereocenters. The van der Waals surface area contributed by atoms with E-state index in [1.54, 1.807) is 22.0 Å². The number of rotatable bonds is 7. The minimum atomic E-state index is -3.24. The van der Waals surface area contributed by atoms with E-state index < -0.39 is 10.0 Å². The summed E-state index contributed by atoms with van der Waals surface area (Å²) >= 11 is 1.65. The average molecular weight is 453 g/mol. The van der Waals surface area contributed by atoms with Gasteiger partial charge in [-0.2, -0.15) is 4.31 Å². The number of nitrogens with zero attached hydrogens (tertiary/aromatic N) is 4. The number of fused-ring (bicyclic) bond motifs is 3.